The molecule has 0 N–H and O–H groups in total. The molecule has 1 fully saturated rings. The summed E-state index contributed by atoms with van der Waals surface area (Å²) in [6.07, 6.45) is 6.25. The maximum Gasteiger partial charge on any atom is 0.132 e. The van der Waals surface area contributed by atoms with Crippen LogP contribution in [0.5, 0.6) is 5.75 Å². The second-order valence-electron chi connectivity index (χ2n) is 8.08. The maximum absolute atomic E-state index is 5.34. The molecule has 0 unspecified atom stereocenters. The highest BCUT2D eigenvalue weighted by Crippen LogP contribution is 2.40. The van der Waals surface area contributed by atoms with Gasteiger partial charge in [-0.15, -0.1) is 0 Å². The molecule has 29 heavy (non-hydrogen) atoms. The Bertz CT molecular complexity index is 1010. The van der Waals surface area contributed by atoms with Crippen molar-refractivity contribution in [3.8, 4) is 17.0 Å². The Morgan fingerprint density at radius 1 is 1.03 bits per heavy atom. The molecule has 3 aromatic rings. The fourth-order valence-corrected chi connectivity index (χ4v) is 4.12. The van der Waals surface area contributed by atoms with Crippen molar-refractivity contribution in [2.45, 2.75) is 38.1 Å². The number of hydrogen-bond donors (Lipinski definition) is 0. The molecule has 0 saturated heterocycles. The van der Waals surface area contributed by atoms with Crippen LogP contribution in [0.2, 0.25) is 0 Å². The van der Waals surface area contributed by atoms with Gasteiger partial charge in [0.15, 0.2) is 0 Å². The first kappa shape index (κ1) is 18.3. The smallest absolute Gasteiger partial charge is 0.132 e. The molecule has 1 saturated carbocycles. The van der Waals surface area contributed by atoms with Gasteiger partial charge in [-0.3, -0.25) is 9.58 Å². The van der Waals surface area contributed by atoms with Gasteiger partial charge in [-0.05, 0) is 49.6 Å². The van der Waals surface area contributed by atoms with Crippen LogP contribution in [0.1, 0.15) is 41.5 Å². The van der Waals surface area contributed by atoms with Crippen molar-refractivity contribution in [3.63, 3.8) is 0 Å². The number of nitrogens with zero attached hydrogens (tertiary/aromatic N) is 5. The average Bonchev–Trinajstić information content (AvgIpc) is 3.55. The summed E-state index contributed by atoms with van der Waals surface area (Å²) in [4.78, 5) is 12.6. The van der Waals surface area contributed by atoms with Crippen LogP contribution in [0.15, 0.2) is 36.5 Å². The van der Waals surface area contributed by atoms with Gasteiger partial charge in [-0.1, -0.05) is 0 Å². The fourth-order valence-electron chi connectivity index (χ4n) is 4.12. The number of hydrogen-bond acceptors (Lipinski definition) is 5. The molecule has 1 aromatic carbocycles. The highest BCUT2D eigenvalue weighted by Gasteiger charge is 2.30. The van der Waals surface area contributed by atoms with Gasteiger partial charge in [-0.25, -0.2) is 9.97 Å². The number of fused-ring (bicyclic) bond motifs is 1. The standard InChI is InChI=1S/C23H27N5O/c1-27-18(9-12-24-27)15-28-13-10-20-21(11-14-28)25-23(17-3-4-17)26-22(20)16-5-7-19(29-2)8-6-16/h5-9,12,17H,3-4,10-11,13-15H2,1-2H3. The number of methoxy groups -OCH3 is 1. The quantitative estimate of drug-likeness (QED) is 0.670. The number of benzene rings is 1. The second kappa shape index (κ2) is 7.59. The van der Waals surface area contributed by atoms with E-state index in [4.69, 9.17) is 14.7 Å². The van der Waals surface area contributed by atoms with E-state index in [1.165, 1.54) is 29.8 Å². The lowest BCUT2D eigenvalue weighted by Gasteiger charge is -2.19. The molecule has 5 rings (SSSR count). The topological polar surface area (TPSA) is 56.1 Å². The largest absolute Gasteiger partial charge is 0.497 e. The van der Waals surface area contributed by atoms with Gasteiger partial charge < -0.3 is 4.74 Å². The van der Waals surface area contributed by atoms with Crippen LogP contribution in [0.4, 0.5) is 0 Å². The lowest BCUT2D eigenvalue weighted by molar-refractivity contribution is 0.271. The van der Waals surface area contributed by atoms with E-state index in [2.05, 4.69) is 28.2 Å². The molecule has 0 radical (unpaired) electrons. The molecular weight excluding hydrogens is 362 g/mol. The average molecular weight is 390 g/mol. The Kier molecular flexibility index (Phi) is 4.79. The molecule has 6 heteroatoms. The van der Waals surface area contributed by atoms with E-state index in [1.54, 1.807) is 7.11 Å². The summed E-state index contributed by atoms with van der Waals surface area (Å²) in [5.74, 6) is 2.46. The summed E-state index contributed by atoms with van der Waals surface area (Å²) in [5, 5.41) is 4.31. The molecule has 2 aromatic heterocycles. The van der Waals surface area contributed by atoms with E-state index in [-0.39, 0.29) is 0 Å². The van der Waals surface area contributed by atoms with Crippen molar-refractivity contribution in [2.24, 2.45) is 7.05 Å². The van der Waals surface area contributed by atoms with Crippen molar-refractivity contribution in [1.29, 1.82) is 0 Å². The second-order valence-corrected chi connectivity index (χ2v) is 8.08. The molecule has 0 atom stereocenters. The molecule has 6 nitrogen and oxygen atoms in total. The minimum absolute atomic E-state index is 0.547. The first-order valence-electron chi connectivity index (χ1n) is 10.4. The Morgan fingerprint density at radius 2 is 1.83 bits per heavy atom. The Hall–Kier alpha value is -2.73. The minimum atomic E-state index is 0.547. The summed E-state index contributed by atoms with van der Waals surface area (Å²) in [7, 11) is 3.71. The van der Waals surface area contributed by atoms with E-state index < -0.39 is 0 Å². The zero-order valence-corrected chi connectivity index (χ0v) is 17.1. The summed E-state index contributed by atoms with van der Waals surface area (Å²) >= 11 is 0. The molecule has 0 amide bonds. The number of aromatic nitrogens is 4. The fraction of sp³-hybridized carbons (Fsp3) is 0.435. The molecule has 2 aliphatic rings. The van der Waals surface area contributed by atoms with Crippen LogP contribution in [0.25, 0.3) is 11.3 Å². The Balaban J connectivity index is 1.46. The van der Waals surface area contributed by atoms with E-state index in [0.29, 0.717) is 5.92 Å². The molecule has 1 aliphatic heterocycles. The van der Waals surface area contributed by atoms with Gasteiger partial charge in [0.2, 0.25) is 0 Å². The SMILES string of the molecule is COc1ccc(-c2nc(C3CC3)nc3c2CCN(Cc2ccnn2C)CC3)cc1. The van der Waals surface area contributed by atoms with E-state index in [9.17, 15) is 0 Å². The highest BCUT2D eigenvalue weighted by molar-refractivity contribution is 5.65. The van der Waals surface area contributed by atoms with Crippen molar-refractivity contribution in [3.05, 3.63) is 59.3 Å². The lowest BCUT2D eigenvalue weighted by atomic mass is 10.0. The monoisotopic (exact) mass is 389 g/mol. The van der Waals surface area contributed by atoms with Crippen LogP contribution in [-0.4, -0.2) is 44.8 Å². The molecular formula is C23H27N5O. The zero-order chi connectivity index (χ0) is 19.8. The first-order chi connectivity index (χ1) is 14.2. The normalized spacial score (nSPS) is 17.0. The predicted molar refractivity (Wildman–Crippen MR) is 112 cm³/mol. The van der Waals surface area contributed by atoms with E-state index >= 15 is 0 Å². The van der Waals surface area contributed by atoms with Gasteiger partial charge in [0.05, 0.1) is 18.5 Å². The third kappa shape index (κ3) is 3.77. The van der Waals surface area contributed by atoms with Gasteiger partial charge in [0.25, 0.3) is 0 Å². The Labute approximate surface area is 171 Å². The Morgan fingerprint density at radius 3 is 2.52 bits per heavy atom. The summed E-state index contributed by atoms with van der Waals surface area (Å²) in [6, 6.07) is 10.4. The van der Waals surface area contributed by atoms with Crippen LogP contribution in [-0.2, 0) is 26.4 Å². The van der Waals surface area contributed by atoms with E-state index in [0.717, 1.165) is 55.3 Å². The van der Waals surface area contributed by atoms with Gasteiger partial charge in [-0.2, -0.15) is 5.10 Å². The number of aryl methyl sites for hydroxylation is 1. The van der Waals surface area contributed by atoms with Crippen LogP contribution in [0.3, 0.4) is 0 Å². The zero-order valence-electron chi connectivity index (χ0n) is 17.1. The number of ether oxygens (including phenoxy) is 1. The molecule has 1 aliphatic carbocycles. The molecule has 0 bridgehead atoms. The molecule has 0 spiro atoms. The molecule has 3 heterocycles. The van der Waals surface area contributed by atoms with Gasteiger partial charge >= 0.3 is 0 Å². The van der Waals surface area contributed by atoms with Crippen LogP contribution >= 0.6 is 0 Å². The first-order valence-corrected chi connectivity index (χ1v) is 10.4. The van der Waals surface area contributed by atoms with Crippen molar-refractivity contribution in [2.75, 3.05) is 20.2 Å². The van der Waals surface area contributed by atoms with E-state index in [1.807, 2.05) is 30.1 Å². The third-order valence-electron chi connectivity index (χ3n) is 6.07. The third-order valence-corrected chi connectivity index (χ3v) is 6.07. The van der Waals surface area contributed by atoms with Crippen LogP contribution in [0, 0.1) is 0 Å². The van der Waals surface area contributed by atoms with Crippen molar-refractivity contribution < 1.29 is 4.74 Å². The minimum Gasteiger partial charge on any atom is -0.497 e. The summed E-state index contributed by atoms with van der Waals surface area (Å²) in [6.45, 7) is 2.94. The van der Waals surface area contributed by atoms with Crippen LogP contribution < -0.4 is 4.74 Å². The number of rotatable bonds is 5. The molecule has 150 valence electrons. The van der Waals surface area contributed by atoms with Gasteiger partial charge in [0, 0.05) is 62.0 Å². The van der Waals surface area contributed by atoms with Gasteiger partial charge in [0.1, 0.15) is 11.6 Å². The van der Waals surface area contributed by atoms with Crippen molar-refractivity contribution in [1.82, 2.24) is 24.6 Å². The predicted octanol–water partition coefficient (Wildman–Crippen LogP) is 3.36. The summed E-state index contributed by atoms with van der Waals surface area (Å²) in [5.41, 5.74) is 6.07. The maximum atomic E-state index is 5.34. The highest BCUT2D eigenvalue weighted by atomic mass is 16.5. The van der Waals surface area contributed by atoms with Crippen molar-refractivity contribution >= 4 is 0 Å². The lowest BCUT2D eigenvalue weighted by Crippen LogP contribution is -2.27. The summed E-state index contributed by atoms with van der Waals surface area (Å²) < 4.78 is 7.30.